The van der Waals surface area contributed by atoms with E-state index in [0.29, 0.717) is 25.6 Å². The van der Waals surface area contributed by atoms with Crippen molar-refractivity contribution in [2.45, 2.75) is 26.5 Å². The van der Waals surface area contributed by atoms with Gasteiger partial charge >= 0.3 is 0 Å². The monoisotopic (exact) mass is 496 g/mol. The van der Waals surface area contributed by atoms with Gasteiger partial charge in [-0.25, -0.2) is 4.98 Å². The largest absolute Gasteiger partial charge is 0.478 e. The first-order valence-electron chi connectivity index (χ1n) is 9.41. The lowest BCUT2D eigenvalue weighted by Gasteiger charge is -2.35. The molecule has 1 aliphatic rings. The Morgan fingerprint density at radius 2 is 2.18 bits per heavy atom. The maximum Gasteiger partial charge on any atom is 0.213 e. The topological polar surface area (TPSA) is 59.0 Å². The molecule has 6 nitrogen and oxygen atoms in total. The maximum atomic E-state index is 6.03. The number of ether oxygens (including phenoxy) is 2. The van der Waals surface area contributed by atoms with Crippen molar-refractivity contribution in [3.8, 4) is 5.88 Å². The van der Waals surface area contributed by atoms with E-state index in [-0.39, 0.29) is 30.1 Å². The van der Waals surface area contributed by atoms with Crippen LogP contribution in [0.25, 0.3) is 0 Å². The molecule has 1 atom stereocenters. The van der Waals surface area contributed by atoms with Gasteiger partial charge in [0.15, 0.2) is 5.96 Å². The van der Waals surface area contributed by atoms with Gasteiger partial charge in [0.2, 0.25) is 5.88 Å². The van der Waals surface area contributed by atoms with Gasteiger partial charge < -0.3 is 19.7 Å². The van der Waals surface area contributed by atoms with E-state index in [1.165, 1.54) is 11.1 Å². The summed E-state index contributed by atoms with van der Waals surface area (Å²) in [7, 11) is 1.82. The number of guanidine groups is 1. The molecule has 0 saturated carbocycles. The number of morpholine rings is 1. The third kappa shape index (κ3) is 5.81. The molecule has 0 bridgehead atoms. The van der Waals surface area contributed by atoms with Crippen LogP contribution >= 0.6 is 24.0 Å². The Hall–Kier alpha value is -1.87. The molecule has 0 spiro atoms. The zero-order valence-electron chi connectivity index (χ0n) is 16.7. The van der Waals surface area contributed by atoms with Crippen molar-refractivity contribution in [3.05, 3.63) is 59.3 Å². The Bertz CT molecular complexity index is 785. The number of pyridine rings is 1. The van der Waals surface area contributed by atoms with Gasteiger partial charge in [0, 0.05) is 32.4 Å². The number of halogens is 1. The van der Waals surface area contributed by atoms with Crippen LogP contribution in [-0.2, 0) is 11.3 Å². The van der Waals surface area contributed by atoms with Gasteiger partial charge in [0.1, 0.15) is 6.10 Å². The lowest BCUT2D eigenvalue weighted by Crippen LogP contribution is -2.48. The summed E-state index contributed by atoms with van der Waals surface area (Å²) < 4.78 is 11.5. The number of nitrogens with zero attached hydrogens (tertiary/aromatic N) is 3. The average molecular weight is 496 g/mol. The van der Waals surface area contributed by atoms with Gasteiger partial charge in [-0.3, -0.25) is 4.99 Å². The lowest BCUT2D eigenvalue weighted by molar-refractivity contribution is -0.00833. The standard InChI is InChI=1S/C21H28N4O2.HI/c1-4-26-20-13-17(9-10-23-20)14-24-21(22-3)25-11-12-27-19(15-25)18-8-6-5-7-16(18)2;/h5-10,13,19H,4,11-12,14-15H2,1-3H3,(H,22,24);1H. The third-order valence-corrected chi connectivity index (χ3v) is 4.66. The zero-order valence-corrected chi connectivity index (χ0v) is 19.1. The summed E-state index contributed by atoms with van der Waals surface area (Å²) in [6, 6.07) is 12.3. The number of aromatic nitrogens is 1. The normalized spacial score (nSPS) is 17.0. The van der Waals surface area contributed by atoms with Crippen molar-refractivity contribution < 1.29 is 9.47 Å². The second kappa shape index (κ2) is 11.2. The quantitative estimate of drug-likeness (QED) is 0.390. The number of nitrogens with one attached hydrogen (secondary N) is 1. The summed E-state index contributed by atoms with van der Waals surface area (Å²) in [5, 5.41) is 3.45. The van der Waals surface area contributed by atoms with E-state index in [2.05, 4.69) is 51.4 Å². The van der Waals surface area contributed by atoms with Crippen molar-refractivity contribution >= 4 is 29.9 Å². The SMILES string of the molecule is CCOc1cc(CNC(=NC)N2CCOC(c3ccccc3C)C2)ccn1.I. The van der Waals surface area contributed by atoms with Gasteiger partial charge in [-0.1, -0.05) is 24.3 Å². The molecule has 1 aromatic heterocycles. The second-order valence-electron chi connectivity index (χ2n) is 6.50. The van der Waals surface area contributed by atoms with Crippen LogP contribution in [0.3, 0.4) is 0 Å². The van der Waals surface area contributed by atoms with E-state index < -0.39 is 0 Å². The van der Waals surface area contributed by atoms with Crippen molar-refractivity contribution in [2.24, 2.45) is 4.99 Å². The molecule has 0 radical (unpaired) electrons. The molecule has 1 aromatic carbocycles. The van der Waals surface area contributed by atoms with Crippen molar-refractivity contribution in [1.82, 2.24) is 15.2 Å². The van der Waals surface area contributed by atoms with Crippen LogP contribution in [0.2, 0.25) is 0 Å². The van der Waals surface area contributed by atoms with E-state index in [1.807, 2.05) is 26.1 Å². The summed E-state index contributed by atoms with van der Waals surface area (Å²) >= 11 is 0. The number of hydrogen-bond donors (Lipinski definition) is 1. The highest BCUT2D eigenvalue weighted by Crippen LogP contribution is 2.25. The lowest BCUT2D eigenvalue weighted by atomic mass is 10.0. The fraction of sp³-hybridized carbons (Fsp3) is 0.429. The summed E-state index contributed by atoms with van der Waals surface area (Å²) in [6.07, 6.45) is 1.83. The molecule has 1 aliphatic heterocycles. The molecule has 1 unspecified atom stereocenters. The van der Waals surface area contributed by atoms with Crippen molar-refractivity contribution in [1.29, 1.82) is 0 Å². The maximum absolute atomic E-state index is 6.03. The first kappa shape index (κ1) is 22.4. The van der Waals surface area contributed by atoms with Gasteiger partial charge in [-0.2, -0.15) is 0 Å². The number of aryl methyl sites for hydroxylation is 1. The molecule has 1 saturated heterocycles. The molecule has 7 heteroatoms. The number of benzene rings is 1. The Labute approximate surface area is 184 Å². The molecule has 0 aliphatic carbocycles. The van der Waals surface area contributed by atoms with Crippen LogP contribution in [0.1, 0.15) is 29.7 Å². The van der Waals surface area contributed by atoms with E-state index >= 15 is 0 Å². The molecule has 152 valence electrons. The van der Waals surface area contributed by atoms with Crippen LogP contribution in [0.4, 0.5) is 0 Å². The van der Waals surface area contributed by atoms with E-state index in [9.17, 15) is 0 Å². The Morgan fingerprint density at radius 3 is 2.93 bits per heavy atom. The molecule has 2 aromatic rings. The summed E-state index contributed by atoms with van der Waals surface area (Å²) in [5.74, 6) is 1.53. The second-order valence-corrected chi connectivity index (χ2v) is 6.50. The molecule has 3 rings (SSSR count). The average Bonchev–Trinajstić information content (AvgIpc) is 2.70. The molecule has 1 fully saturated rings. The van der Waals surface area contributed by atoms with E-state index in [0.717, 1.165) is 24.6 Å². The van der Waals surface area contributed by atoms with E-state index in [1.54, 1.807) is 6.20 Å². The van der Waals surface area contributed by atoms with Gasteiger partial charge in [0.25, 0.3) is 0 Å². The van der Waals surface area contributed by atoms with Crippen molar-refractivity contribution in [3.63, 3.8) is 0 Å². The molecule has 28 heavy (non-hydrogen) atoms. The number of rotatable bonds is 5. The molecular formula is C21H29IN4O2. The molecular weight excluding hydrogens is 467 g/mol. The van der Waals surface area contributed by atoms with Crippen LogP contribution in [0, 0.1) is 6.92 Å². The fourth-order valence-corrected chi connectivity index (χ4v) is 3.28. The highest BCUT2D eigenvalue weighted by atomic mass is 127. The van der Waals surface area contributed by atoms with Crippen LogP contribution in [0.5, 0.6) is 5.88 Å². The summed E-state index contributed by atoms with van der Waals surface area (Å²) in [6.45, 7) is 7.65. The Balaban J connectivity index is 0.00000280. The minimum Gasteiger partial charge on any atom is -0.478 e. The molecule has 2 heterocycles. The van der Waals surface area contributed by atoms with Crippen molar-refractivity contribution in [2.75, 3.05) is 33.4 Å². The molecule has 1 N–H and O–H groups in total. The minimum atomic E-state index is 0. The summed E-state index contributed by atoms with van der Waals surface area (Å²) in [5.41, 5.74) is 3.61. The Morgan fingerprint density at radius 1 is 1.36 bits per heavy atom. The fourth-order valence-electron chi connectivity index (χ4n) is 3.28. The predicted octanol–water partition coefficient (Wildman–Crippen LogP) is 3.56. The summed E-state index contributed by atoms with van der Waals surface area (Å²) in [4.78, 5) is 10.9. The van der Waals surface area contributed by atoms with Crippen LogP contribution in [0.15, 0.2) is 47.6 Å². The van der Waals surface area contributed by atoms with Gasteiger partial charge in [-0.15, -0.1) is 24.0 Å². The highest BCUT2D eigenvalue weighted by Gasteiger charge is 2.25. The van der Waals surface area contributed by atoms with Gasteiger partial charge in [-0.05, 0) is 36.6 Å². The molecule has 0 amide bonds. The smallest absolute Gasteiger partial charge is 0.213 e. The van der Waals surface area contributed by atoms with E-state index in [4.69, 9.17) is 9.47 Å². The first-order chi connectivity index (χ1) is 13.2. The predicted molar refractivity (Wildman–Crippen MR) is 122 cm³/mol. The third-order valence-electron chi connectivity index (χ3n) is 4.66. The first-order valence-corrected chi connectivity index (χ1v) is 9.41. The van der Waals surface area contributed by atoms with Gasteiger partial charge in [0.05, 0.1) is 19.8 Å². The highest BCUT2D eigenvalue weighted by molar-refractivity contribution is 14.0. The van der Waals surface area contributed by atoms with Crippen LogP contribution in [-0.4, -0.2) is 49.2 Å². The number of hydrogen-bond acceptors (Lipinski definition) is 4. The Kier molecular flexibility index (Phi) is 8.98. The van der Waals surface area contributed by atoms with Crippen LogP contribution < -0.4 is 10.1 Å². The minimum absolute atomic E-state index is 0. The zero-order chi connectivity index (χ0) is 19.1. The number of aliphatic imine (C=N–C) groups is 1.